The third-order valence-corrected chi connectivity index (χ3v) is 12.3. The third-order valence-electron chi connectivity index (χ3n) is 10.2. The molecule has 2 saturated heterocycles. The Morgan fingerprint density at radius 3 is 1.88 bits per heavy atom. The van der Waals surface area contributed by atoms with E-state index in [1.165, 1.54) is 0 Å². The fourth-order valence-electron chi connectivity index (χ4n) is 7.39. The molecular formula is C44H54N3O8P. The summed E-state index contributed by atoms with van der Waals surface area (Å²) in [5.74, 6) is 0.741. The first kappa shape index (κ1) is 41.3. The molecule has 2 unspecified atom stereocenters. The van der Waals surface area contributed by atoms with Crippen molar-refractivity contribution >= 4 is 20.5 Å². The highest BCUT2D eigenvalue weighted by Gasteiger charge is 2.47. The van der Waals surface area contributed by atoms with Crippen molar-refractivity contribution in [2.75, 3.05) is 27.4 Å². The zero-order valence-electron chi connectivity index (χ0n) is 33.3. The molecule has 2 aliphatic rings. The Morgan fingerprint density at radius 2 is 1.34 bits per heavy atom. The van der Waals surface area contributed by atoms with Gasteiger partial charge in [0.05, 0.1) is 39.5 Å². The molecule has 4 aromatic carbocycles. The van der Waals surface area contributed by atoms with Gasteiger partial charge in [-0.05, 0) is 74.2 Å². The van der Waals surface area contributed by atoms with Gasteiger partial charge in [0.1, 0.15) is 29.4 Å². The minimum Gasteiger partial charge on any atom is -0.497 e. The summed E-state index contributed by atoms with van der Waals surface area (Å²) in [6, 6.07) is 35.6. The van der Waals surface area contributed by atoms with Crippen LogP contribution in [0.2, 0.25) is 0 Å². The van der Waals surface area contributed by atoms with Crippen molar-refractivity contribution in [2.45, 2.75) is 83.8 Å². The Hall–Kier alpha value is -4.35. The highest BCUT2D eigenvalue weighted by atomic mass is 31.2. The first-order chi connectivity index (χ1) is 27.0. The van der Waals surface area contributed by atoms with Crippen LogP contribution in [0.15, 0.2) is 109 Å². The number of imide groups is 1. The van der Waals surface area contributed by atoms with E-state index in [9.17, 15) is 9.59 Å². The molecule has 2 fully saturated rings. The van der Waals surface area contributed by atoms with E-state index in [0.29, 0.717) is 13.0 Å². The molecule has 12 heteroatoms. The second-order valence-corrected chi connectivity index (χ2v) is 16.1. The van der Waals surface area contributed by atoms with Gasteiger partial charge in [-0.3, -0.25) is 15.0 Å². The van der Waals surface area contributed by atoms with E-state index >= 15 is 0 Å². The molecule has 298 valence electrons. The summed E-state index contributed by atoms with van der Waals surface area (Å²) in [5, 5.41) is 2.50. The predicted octanol–water partition coefficient (Wildman–Crippen LogP) is 8.26. The van der Waals surface area contributed by atoms with Crippen molar-refractivity contribution in [3.8, 4) is 11.5 Å². The van der Waals surface area contributed by atoms with Crippen molar-refractivity contribution in [1.82, 2.24) is 14.9 Å². The Labute approximate surface area is 332 Å². The lowest BCUT2D eigenvalue weighted by molar-refractivity contribution is -0.130. The third kappa shape index (κ3) is 9.26. The zero-order valence-corrected chi connectivity index (χ0v) is 34.2. The average molecular weight is 784 g/mol. The number of ether oxygens (including phenoxy) is 4. The molecule has 0 bridgehead atoms. The topological polar surface area (TPSA) is 108 Å². The Bertz CT molecular complexity index is 1810. The highest BCUT2D eigenvalue weighted by molar-refractivity contribution is 7.44. The molecule has 0 aromatic heterocycles. The molecule has 2 heterocycles. The standard InChI is InChI=1S/C44H54N3O8P/c1-30(2)47(31(3)4)56(53-28-33-14-10-8-11-15-33)55-39-26-41(46-27-32(5)42(48)45-43(46)49)54-40(39)29-52-44(34-16-12-9-13-17-34,35-18-22-37(50-6)23-19-35)36-20-24-38(51-7)25-21-36/h8-25,30-32,39-41H,26-29H2,1-7H3,(H,45,48,49)/t32?,39-,40+,41+,56?/m0/s1. The van der Waals surface area contributed by atoms with Gasteiger partial charge in [-0.1, -0.05) is 91.9 Å². The van der Waals surface area contributed by atoms with E-state index in [1.54, 1.807) is 26.0 Å². The number of urea groups is 1. The van der Waals surface area contributed by atoms with Gasteiger partial charge in [0.15, 0.2) is 0 Å². The van der Waals surface area contributed by atoms with Gasteiger partial charge in [0.2, 0.25) is 5.91 Å². The molecule has 0 spiro atoms. The number of nitrogens with one attached hydrogen (secondary N) is 1. The predicted molar refractivity (Wildman–Crippen MR) is 216 cm³/mol. The molecule has 11 nitrogen and oxygen atoms in total. The quantitative estimate of drug-likeness (QED) is 0.0837. The van der Waals surface area contributed by atoms with Crippen LogP contribution in [0.3, 0.4) is 0 Å². The molecule has 0 radical (unpaired) electrons. The lowest BCUT2D eigenvalue weighted by Gasteiger charge is -2.39. The Morgan fingerprint density at radius 1 is 0.804 bits per heavy atom. The molecule has 1 N–H and O–H groups in total. The van der Waals surface area contributed by atoms with Crippen molar-refractivity contribution in [2.24, 2.45) is 5.92 Å². The maximum Gasteiger partial charge on any atom is 0.326 e. The lowest BCUT2D eigenvalue weighted by Crippen LogP contribution is -2.57. The SMILES string of the molecule is COc1ccc(C(OC[C@H]2O[C@@H](N3CC(C)C(=O)NC3=O)C[C@@H]2OP(OCc2ccccc2)N(C(C)C)C(C)C)(c2ccccc2)c2ccc(OC)cc2)cc1. The van der Waals surface area contributed by atoms with Crippen LogP contribution in [0, 0.1) is 5.92 Å². The van der Waals surface area contributed by atoms with Gasteiger partial charge < -0.3 is 28.0 Å². The number of benzene rings is 4. The number of methoxy groups -OCH3 is 2. The molecule has 6 rings (SSSR count). The molecule has 3 amide bonds. The van der Waals surface area contributed by atoms with Gasteiger partial charge in [-0.2, -0.15) is 0 Å². The van der Waals surface area contributed by atoms with Gasteiger partial charge >= 0.3 is 6.03 Å². The number of nitrogens with zero attached hydrogens (tertiary/aromatic N) is 2. The second-order valence-electron chi connectivity index (χ2n) is 14.7. The number of carbonyl (C=O) groups excluding carboxylic acids is 2. The van der Waals surface area contributed by atoms with Crippen LogP contribution in [-0.4, -0.2) is 79.4 Å². The fraction of sp³-hybridized carbons (Fsp3) is 0.409. The number of amides is 3. The largest absolute Gasteiger partial charge is 0.497 e. The van der Waals surface area contributed by atoms with Crippen LogP contribution >= 0.6 is 8.53 Å². The average Bonchev–Trinajstić information content (AvgIpc) is 3.61. The fourth-order valence-corrected chi connectivity index (χ4v) is 9.16. The molecule has 0 saturated carbocycles. The summed E-state index contributed by atoms with van der Waals surface area (Å²) in [4.78, 5) is 27.3. The smallest absolute Gasteiger partial charge is 0.326 e. The van der Waals surface area contributed by atoms with Gasteiger partial charge in [0, 0.05) is 25.0 Å². The maximum atomic E-state index is 13.3. The van der Waals surface area contributed by atoms with E-state index in [-0.39, 0.29) is 31.1 Å². The van der Waals surface area contributed by atoms with Crippen LogP contribution in [0.4, 0.5) is 4.79 Å². The van der Waals surface area contributed by atoms with Crippen molar-refractivity contribution in [1.29, 1.82) is 0 Å². The summed E-state index contributed by atoms with van der Waals surface area (Å²) in [6.45, 7) is 11.0. The summed E-state index contributed by atoms with van der Waals surface area (Å²) in [5.41, 5.74) is 2.59. The molecule has 0 aliphatic carbocycles. The second kappa shape index (κ2) is 18.7. The molecule has 5 atom stereocenters. The van der Waals surface area contributed by atoms with Crippen LogP contribution in [-0.2, 0) is 35.5 Å². The molecule has 56 heavy (non-hydrogen) atoms. The van der Waals surface area contributed by atoms with E-state index in [2.05, 4.69) is 49.8 Å². The van der Waals surface area contributed by atoms with Crippen LogP contribution < -0.4 is 14.8 Å². The number of rotatable bonds is 17. The van der Waals surface area contributed by atoms with E-state index in [1.807, 2.05) is 97.1 Å². The molecule has 4 aromatic rings. The van der Waals surface area contributed by atoms with Crippen molar-refractivity contribution in [3.63, 3.8) is 0 Å². The maximum absolute atomic E-state index is 13.3. The van der Waals surface area contributed by atoms with Crippen LogP contribution in [0.1, 0.15) is 63.3 Å². The van der Waals surface area contributed by atoms with Gasteiger partial charge in [-0.15, -0.1) is 0 Å². The Kier molecular flexibility index (Phi) is 13.8. The highest BCUT2D eigenvalue weighted by Crippen LogP contribution is 2.50. The minimum atomic E-state index is -1.61. The number of carbonyl (C=O) groups is 2. The van der Waals surface area contributed by atoms with Crippen molar-refractivity contribution in [3.05, 3.63) is 131 Å². The summed E-state index contributed by atoms with van der Waals surface area (Å²) in [7, 11) is 1.67. The van der Waals surface area contributed by atoms with E-state index < -0.39 is 44.5 Å². The van der Waals surface area contributed by atoms with E-state index in [4.69, 9.17) is 28.0 Å². The lowest BCUT2D eigenvalue weighted by atomic mass is 9.80. The summed E-state index contributed by atoms with van der Waals surface area (Å²) >= 11 is 0. The summed E-state index contributed by atoms with van der Waals surface area (Å²) in [6.07, 6.45) is -1.49. The minimum absolute atomic E-state index is 0.0866. The first-order valence-corrected chi connectivity index (χ1v) is 20.3. The van der Waals surface area contributed by atoms with Crippen molar-refractivity contribution < 1.29 is 37.6 Å². The monoisotopic (exact) mass is 783 g/mol. The van der Waals surface area contributed by atoms with E-state index in [0.717, 1.165) is 33.8 Å². The van der Waals surface area contributed by atoms with Gasteiger partial charge in [-0.25, -0.2) is 9.46 Å². The normalized spacial score (nSPS) is 20.8. The number of hydrogen-bond acceptors (Lipinski definition) is 9. The first-order valence-electron chi connectivity index (χ1n) is 19.2. The van der Waals surface area contributed by atoms with Crippen LogP contribution in [0.25, 0.3) is 0 Å². The molecular weight excluding hydrogens is 729 g/mol. The number of hydrogen-bond donors (Lipinski definition) is 1. The van der Waals surface area contributed by atoms with Crippen LogP contribution in [0.5, 0.6) is 11.5 Å². The molecule has 2 aliphatic heterocycles. The summed E-state index contributed by atoms with van der Waals surface area (Å²) < 4.78 is 41.2. The zero-order chi connectivity index (χ0) is 39.8. The van der Waals surface area contributed by atoms with Gasteiger partial charge in [0.25, 0.3) is 8.53 Å². The Balaban J connectivity index is 1.40.